The van der Waals surface area contributed by atoms with Crippen LogP contribution < -0.4 is 15.4 Å². The van der Waals surface area contributed by atoms with Crippen LogP contribution in [0.2, 0.25) is 0 Å². The normalized spacial score (nSPS) is 11.1. The van der Waals surface area contributed by atoms with Gasteiger partial charge in [-0.3, -0.25) is 0 Å². The highest BCUT2D eigenvalue weighted by Crippen LogP contribution is 2.25. The lowest BCUT2D eigenvalue weighted by atomic mass is 10.1. The number of para-hydroxylation sites is 1. The Kier molecular flexibility index (Phi) is 9.98. The molecule has 0 aromatic heterocycles. The van der Waals surface area contributed by atoms with E-state index in [2.05, 4.69) is 15.4 Å². The van der Waals surface area contributed by atoms with Gasteiger partial charge in [0, 0.05) is 25.4 Å². The maximum absolute atomic E-state index is 12.5. The van der Waals surface area contributed by atoms with Crippen molar-refractivity contribution in [2.75, 3.05) is 31.6 Å². The number of halogens is 3. The lowest BCUT2D eigenvalue weighted by Gasteiger charge is -2.12. The third-order valence-corrected chi connectivity index (χ3v) is 4.11. The second-order valence-electron chi connectivity index (χ2n) is 6.66. The molecule has 0 atom stereocenters. The number of nitrogens with one attached hydrogen (secondary N) is 2. The van der Waals surface area contributed by atoms with Crippen molar-refractivity contribution in [3.05, 3.63) is 59.7 Å². The van der Waals surface area contributed by atoms with Crippen LogP contribution >= 0.6 is 0 Å². The fourth-order valence-corrected chi connectivity index (χ4v) is 2.83. The number of ether oxygens (including phenoxy) is 2. The molecule has 0 saturated carbocycles. The molecule has 0 aliphatic heterocycles. The summed E-state index contributed by atoms with van der Waals surface area (Å²) in [4.78, 5) is 0. The van der Waals surface area contributed by atoms with Gasteiger partial charge in [0.15, 0.2) is 0 Å². The summed E-state index contributed by atoms with van der Waals surface area (Å²) in [6, 6.07) is 16.1. The molecule has 0 amide bonds. The Hall–Kier alpha value is -2.76. The molecule has 0 spiro atoms. The molecule has 0 saturated heterocycles. The zero-order valence-corrected chi connectivity index (χ0v) is 16.7. The summed E-state index contributed by atoms with van der Waals surface area (Å²) < 4.78 is 47.0. The molecule has 30 heavy (non-hydrogen) atoms. The van der Waals surface area contributed by atoms with Crippen LogP contribution in [0.5, 0.6) is 5.75 Å². The molecule has 8 heteroatoms. The summed E-state index contributed by atoms with van der Waals surface area (Å²) in [5, 5.41) is 15.3. The second-order valence-corrected chi connectivity index (χ2v) is 6.66. The molecule has 2 rings (SSSR count). The van der Waals surface area contributed by atoms with Gasteiger partial charge in [0.2, 0.25) is 0 Å². The van der Waals surface area contributed by atoms with Gasteiger partial charge in [-0.2, -0.15) is 5.26 Å². The van der Waals surface area contributed by atoms with Gasteiger partial charge in [0.1, 0.15) is 5.75 Å². The Morgan fingerprint density at radius 1 is 0.933 bits per heavy atom. The summed E-state index contributed by atoms with van der Waals surface area (Å²) in [7, 11) is 0. The number of rotatable bonds is 13. The number of unbranched alkanes of at least 4 members (excludes halogenated alkanes) is 1. The first-order valence-corrected chi connectivity index (χ1v) is 9.79. The Morgan fingerprint density at radius 3 is 2.43 bits per heavy atom. The Bertz CT molecular complexity index is 792. The molecule has 0 aliphatic rings. The average molecular weight is 421 g/mol. The van der Waals surface area contributed by atoms with E-state index in [0.29, 0.717) is 37.4 Å². The van der Waals surface area contributed by atoms with Crippen molar-refractivity contribution >= 4 is 5.69 Å². The van der Waals surface area contributed by atoms with Crippen LogP contribution in [0.1, 0.15) is 24.0 Å². The smallest absolute Gasteiger partial charge is 0.406 e. The van der Waals surface area contributed by atoms with E-state index in [4.69, 9.17) is 10.00 Å². The van der Waals surface area contributed by atoms with Gasteiger partial charge in [-0.15, -0.1) is 13.2 Å². The predicted octanol–water partition coefficient (Wildman–Crippen LogP) is 4.65. The minimum Gasteiger partial charge on any atom is -0.406 e. The highest BCUT2D eigenvalue weighted by Gasteiger charge is 2.31. The van der Waals surface area contributed by atoms with Crippen molar-refractivity contribution in [2.45, 2.75) is 32.2 Å². The quantitative estimate of drug-likeness (QED) is 0.461. The van der Waals surface area contributed by atoms with E-state index in [1.165, 1.54) is 12.1 Å². The van der Waals surface area contributed by atoms with Crippen LogP contribution in [0.25, 0.3) is 0 Å². The molecule has 0 heterocycles. The monoisotopic (exact) mass is 421 g/mol. The third kappa shape index (κ3) is 10.1. The average Bonchev–Trinajstić information content (AvgIpc) is 2.69. The highest BCUT2D eigenvalue weighted by molar-refractivity contribution is 5.42. The summed E-state index contributed by atoms with van der Waals surface area (Å²) >= 11 is 0. The Labute approximate surface area is 174 Å². The Balaban J connectivity index is 1.60. The first kappa shape index (κ1) is 23.5. The van der Waals surface area contributed by atoms with Crippen LogP contribution in [0, 0.1) is 11.3 Å². The maximum atomic E-state index is 12.5. The van der Waals surface area contributed by atoms with E-state index >= 15 is 0 Å². The Morgan fingerprint density at radius 2 is 1.70 bits per heavy atom. The topological polar surface area (TPSA) is 66.3 Å². The number of benzene rings is 2. The molecule has 0 fully saturated rings. The number of anilines is 1. The first-order chi connectivity index (χ1) is 14.5. The van der Waals surface area contributed by atoms with Crippen LogP contribution in [-0.2, 0) is 17.7 Å². The van der Waals surface area contributed by atoms with Crippen molar-refractivity contribution < 1.29 is 22.6 Å². The molecule has 0 aliphatic carbocycles. The van der Waals surface area contributed by atoms with Crippen LogP contribution in [0.15, 0.2) is 48.5 Å². The molecule has 162 valence electrons. The van der Waals surface area contributed by atoms with E-state index in [1.807, 2.05) is 36.4 Å². The molecular weight excluding hydrogens is 395 g/mol. The fourth-order valence-electron chi connectivity index (χ4n) is 2.83. The zero-order chi connectivity index (χ0) is 21.7. The number of nitriles is 1. The van der Waals surface area contributed by atoms with Gasteiger partial charge in [-0.1, -0.05) is 24.3 Å². The van der Waals surface area contributed by atoms with Crippen LogP contribution in [0.4, 0.5) is 18.9 Å². The summed E-state index contributed by atoms with van der Waals surface area (Å²) in [6.45, 7) is 3.12. The maximum Gasteiger partial charge on any atom is 0.573 e. The summed E-state index contributed by atoms with van der Waals surface area (Å²) in [6.07, 6.45) is -2.96. The summed E-state index contributed by atoms with van der Waals surface area (Å²) in [5.74, 6) is -0.301. The molecule has 2 aromatic rings. The zero-order valence-electron chi connectivity index (χ0n) is 16.7. The largest absolute Gasteiger partial charge is 0.573 e. The van der Waals surface area contributed by atoms with E-state index < -0.39 is 6.36 Å². The lowest BCUT2D eigenvalue weighted by Crippen LogP contribution is -2.18. The highest BCUT2D eigenvalue weighted by atomic mass is 19.4. The van der Waals surface area contributed by atoms with Crippen LogP contribution in [0.3, 0.4) is 0 Å². The summed E-state index contributed by atoms with van der Waals surface area (Å²) in [5.41, 5.74) is 2.20. The number of hydrogen-bond donors (Lipinski definition) is 2. The first-order valence-electron chi connectivity index (χ1n) is 9.79. The molecule has 0 radical (unpaired) electrons. The molecular formula is C22H26F3N3O2. The minimum atomic E-state index is -4.76. The van der Waals surface area contributed by atoms with Gasteiger partial charge in [0.05, 0.1) is 19.1 Å². The van der Waals surface area contributed by atoms with Gasteiger partial charge >= 0.3 is 6.36 Å². The van der Waals surface area contributed by atoms with E-state index in [0.717, 1.165) is 25.1 Å². The molecule has 0 unspecified atom stereocenters. The van der Waals surface area contributed by atoms with Crippen molar-refractivity contribution in [1.82, 2.24) is 5.32 Å². The van der Waals surface area contributed by atoms with Gasteiger partial charge in [-0.25, -0.2) is 0 Å². The number of alkyl halides is 3. The van der Waals surface area contributed by atoms with Crippen molar-refractivity contribution in [2.24, 2.45) is 0 Å². The standard InChI is InChI=1S/C22H26F3N3O2/c23-22(24,25)30-21-15-18(8-9-26)14-19(16-21)17-27-10-4-5-12-29-13-11-28-20-6-2-1-3-7-20/h1-3,6-7,14-16,27-28H,4-5,8,10-13,17H2. The second kappa shape index (κ2) is 12.7. The van der Waals surface area contributed by atoms with Gasteiger partial charge in [-0.05, 0) is 54.8 Å². The lowest BCUT2D eigenvalue weighted by molar-refractivity contribution is -0.274. The van der Waals surface area contributed by atoms with Gasteiger partial charge < -0.3 is 20.1 Å². The van der Waals surface area contributed by atoms with Crippen molar-refractivity contribution in [3.8, 4) is 11.8 Å². The fraction of sp³-hybridized carbons (Fsp3) is 0.409. The third-order valence-electron chi connectivity index (χ3n) is 4.11. The van der Waals surface area contributed by atoms with E-state index in [9.17, 15) is 13.2 Å². The molecule has 2 aromatic carbocycles. The molecule has 0 bridgehead atoms. The minimum absolute atomic E-state index is 0.0263. The number of nitrogens with zero attached hydrogens (tertiary/aromatic N) is 1. The van der Waals surface area contributed by atoms with Crippen LogP contribution in [-0.4, -0.2) is 32.7 Å². The SMILES string of the molecule is N#CCc1cc(CNCCCCOCCNc2ccccc2)cc(OC(F)(F)F)c1. The molecule has 5 nitrogen and oxygen atoms in total. The number of hydrogen-bond acceptors (Lipinski definition) is 5. The van der Waals surface area contributed by atoms with E-state index in [1.54, 1.807) is 6.07 Å². The molecule has 2 N–H and O–H groups in total. The van der Waals surface area contributed by atoms with Gasteiger partial charge in [0.25, 0.3) is 0 Å². The van der Waals surface area contributed by atoms with E-state index in [-0.39, 0.29) is 12.2 Å². The van der Waals surface area contributed by atoms with Crippen molar-refractivity contribution in [3.63, 3.8) is 0 Å². The predicted molar refractivity (Wildman–Crippen MR) is 109 cm³/mol. The van der Waals surface area contributed by atoms with Crippen molar-refractivity contribution in [1.29, 1.82) is 5.26 Å².